The lowest BCUT2D eigenvalue weighted by molar-refractivity contribution is -0.133. The van der Waals surface area contributed by atoms with Gasteiger partial charge in [-0.1, -0.05) is 6.07 Å². The molecule has 2 N–H and O–H groups in total. The summed E-state index contributed by atoms with van der Waals surface area (Å²) in [6, 6.07) is 3.28. The first kappa shape index (κ1) is 14.4. The van der Waals surface area contributed by atoms with Crippen molar-refractivity contribution in [3.8, 4) is 0 Å². The standard InChI is InChI=1S/C13H15N3O3S/c1-7-9(12(17)18)10(16-13(15-7)19-2)8-5-4-6-14-11(8)20-3/h4-6,10H,1-3H3,(H,15,16)(H,17,18). The van der Waals surface area contributed by atoms with Crippen molar-refractivity contribution < 1.29 is 14.6 Å². The molecule has 0 bridgehead atoms. The third-order valence-electron chi connectivity index (χ3n) is 2.93. The third kappa shape index (κ3) is 2.62. The topological polar surface area (TPSA) is 83.8 Å². The second-order valence-corrected chi connectivity index (χ2v) is 4.91. The minimum atomic E-state index is -1.00. The predicted octanol–water partition coefficient (Wildman–Crippen LogP) is 1.81. The Hall–Kier alpha value is -2.02. The highest BCUT2D eigenvalue weighted by Gasteiger charge is 2.31. The van der Waals surface area contributed by atoms with Gasteiger partial charge in [0, 0.05) is 17.5 Å². The summed E-state index contributed by atoms with van der Waals surface area (Å²) >= 11 is 1.46. The Morgan fingerprint density at radius 1 is 1.55 bits per heavy atom. The predicted molar refractivity (Wildman–Crippen MR) is 76.7 cm³/mol. The molecule has 7 heteroatoms. The number of carboxylic acid groups (broad SMARTS) is 1. The fourth-order valence-corrected chi connectivity index (χ4v) is 2.62. The highest BCUT2D eigenvalue weighted by Crippen LogP contribution is 2.34. The monoisotopic (exact) mass is 293 g/mol. The van der Waals surface area contributed by atoms with E-state index in [0.29, 0.717) is 11.7 Å². The van der Waals surface area contributed by atoms with Crippen molar-refractivity contribution in [2.24, 2.45) is 4.99 Å². The van der Waals surface area contributed by atoms with Gasteiger partial charge in [0.25, 0.3) is 6.02 Å². The number of thioether (sulfide) groups is 1. The molecule has 1 atom stereocenters. The largest absolute Gasteiger partial charge is 0.478 e. The number of aromatic nitrogens is 1. The summed E-state index contributed by atoms with van der Waals surface area (Å²) < 4.78 is 5.10. The number of ether oxygens (including phenoxy) is 1. The number of amidine groups is 1. The molecular weight excluding hydrogens is 278 g/mol. The minimum absolute atomic E-state index is 0.203. The molecule has 0 saturated heterocycles. The normalized spacial score (nSPS) is 18.4. The molecule has 1 aromatic heterocycles. The van der Waals surface area contributed by atoms with Crippen molar-refractivity contribution in [2.45, 2.75) is 18.0 Å². The van der Waals surface area contributed by atoms with Gasteiger partial charge in [-0.25, -0.2) is 14.8 Å². The van der Waals surface area contributed by atoms with Crippen LogP contribution in [0, 0.1) is 0 Å². The average molecular weight is 293 g/mol. The molecule has 0 saturated carbocycles. The molecule has 20 heavy (non-hydrogen) atoms. The van der Waals surface area contributed by atoms with Gasteiger partial charge in [-0.3, -0.25) is 0 Å². The Balaban J connectivity index is 2.57. The lowest BCUT2D eigenvalue weighted by Crippen LogP contribution is -2.32. The minimum Gasteiger partial charge on any atom is -0.478 e. The number of aliphatic carboxylic acids is 1. The molecule has 1 aliphatic rings. The lowest BCUT2D eigenvalue weighted by atomic mass is 9.98. The van der Waals surface area contributed by atoms with Crippen LogP contribution in [0.1, 0.15) is 18.5 Å². The Bertz CT molecular complexity index is 598. The second kappa shape index (κ2) is 5.96. The fourth-order valence-electron chi connectivity index (χ4n) is 2.03. The number of carboxylic acids is 1. The van der Waals surface area contributed by atoms with E-state index in [1.807, 2.05) is 12.3 Å². The Morgan fingerprint density at radius 3 is 2.90 bits per heavy atom. The van der Waals surface area contributed by atoms with Crippen molar-refractivity contribution in [3.05, 3.63) is 35.2 Å². The quantitative estimate of drug-likeness (QED) is 0.827. The summed E-state index contributed by atoms with van der Waals surface area (Å²) in [6.07, 6.45) is 3.57. The SMILES string of the molecule is COC1=NC(c2cccnc2SC)C(C(=O)O)=C(C)N1. The van der Waals surface area contributed by atoms with E-state index in [2.05, 4.69) is 15.3 Å². The molecule has 0 aromatic carbocycles. The van der Waals surface area contributed by atoms with Crippen molar-refractivity contribution in [2.75, 3.05) is 13.4 Å². The van der Waals surface area contributed by atoms with E-state index in [4.69, 9.17) is 4.74 Å². The number of carbonyl (C=O) groups is 1. The molecule has 0 spiro atoms. The zero-order valence-electron chi connectivity index (χ0n) is 11.4. The average Bonchev–Trinajstić information content (AvgIpc) is 2.45. The van der Waals surface area contributed by atoms with Gasteiger partial charge in [0.05, 0.1) is 12.7 Å². The van der Waals surface area contributed by atoms with Gasteiger partial charge in [-0.2, -0.15) is 0 Å². The number of aliphatic imine (C=N–C) groups is 1. The molecule has 106 valence electrons. The number of methoxy groups -OCH3 is 1. The van der Waals surface area contributed by atoms with Gasteiger partial charge in [0.2, 0.25) is 0 Å². The first-order chi connectivity index (χ1) is 9.58. The molecule has 6 nitrogen and oxygen atoms in total. The zero-order chi connectivity index (χ0) is 14.7. The number of allylic oxidation sites excluding steroid dienone is 1. The molecule has 2 rings (SSSR count). The molecule has 1 aromatic rings. The number of pyridine rings is 1. The van der Waals surface area contributed by atoms with E-state index in [9.17, 15) is 9.90 Å². The molecule has 1 unspecified atom stereocenters. The molecule has 0 fully saturated rings. The van der Waals surface area contributed by atoms with Crippen LogP contribution in [0.2, 0.25) is 0 Å². The summed E-state index contributed by atoms with van der Waals surface area (Å²) in [5.74, 6) is -1.00. The first-order valence-corrected chi connectivity index (χ1v) is 7.12. The van der Waals surface area contributed by atoms with Crippen LogP contribution in [0.4, 0.5) is 0 Å². The van der Waals surface area contributed by atoms with E-state index in [1.54, 1.807) is 19.2 Å². The molecule has 1 aliphatic heterocycles. The van der Waals surface area contributed by atoms with Gasteiger partial charge >= 0.3 is 5.97 Å². The van der Waals surface area contributed by atoms with Crippen molar-refractivity contribution in [1.29, 1.82) is 0 Å². The highest BCUT2D eigenvalue weighted by atomic mass is 32.2. The number of nitrogens with one attached hydrogen (secondary N) is 1. The van der Waals surface area contributed by atoms with Crippen LogP contribution < -0.4 is 5.32 Å². The molecular formula is C13H15N3O3S. The van der Waals surface area contributed by atoms with E-state index >= 15 is 0 Å². The van der Waals surface area contributed by atoms with Crippen LogP contribution in [0.15, 0.2) is 39.6 Å². The summed E-state index contributed by atoms with van der Waals surface area (Å²) in [5, 5.41) is 13.0. The van der Waals surface area contributed by atoms with Crippen molar-refractivity contribution >= 4 is 23.8 Å². The molecule has 2 heterocycles. The van der Waals surface area contributed by atoms with E-state index in [0.717, 1.165) is 10.6 Å². The summed E-state index contributed by atoms with van der Waals surface area (Å²) in [6.45, 7) is 1.69. The summed E-state index contributed by atoms with van der Waals surface area (Å²) in [7, 11) is 1.49. The van der Waals surface area contributed by atoms with Gasteiger partial charge in [-0.15, -0.1) is 11.8 Å². The van der Waals surface area contributed by atoms with E-state index in [1.165, 1.54) is 18.9 Å². The van der Waals surface area contributed by atoms with Crippen LogP contribution in [-0.4, -0.2) is 35.4 Å². The number of hydrogen-bond donors (Lipinski definition) is 2. The molecule has 0 amide bonds. The highest BCUT2D eigenvalue weighted by molar-refractivity contribution is 7.98. The zero-order valence-corrected chi connectivity index (χ0v) is 12.2. The Kier molecular flexibility index (Phi) is 4.29. The number of rotatable bonds is 3. The van der Waals surface area contributed by atoms with Gasteiger partial charge in [0.15, 0.2) is 0 Å². The van der Waals surface area contributed by atoms with Gasteiger partial charge < -0.3 is 15.2 Å². The number of hydrogen-bond acceptors (Lipinski definition) is 6. The lowest BCUT2D eigenvalue weighted by Gasteiger charge is -2.24. The smallest absolute Gasteiger partial charge is 0.335 e. The molecule has 0 radical (unpaired) electrons. The van der Waals surface area contributed by atoms with Gasteiger partial charge in [-0.05, 0) is 19.2 Å². The molecule has 0 aliphatic carbocycles. The fraction of sp³-hybridized carbons (Fsp3) is 0.308. The van der Waals surface area contributed by atoms with Crippen LogP contribution in [-0.2, 0) is 9.53 Å². The first-order valence-electron chi connectivity index (χ1n) is 5.90. The van der Waals surface area contributed by atoms with Crippen LogP contribution >= 0.6 is 11.8 Å². The van der Waals surface area contributed by atoms with E-state index < -0.39 is 12.0 Å². The maximum atomic E-state index is 11.5. The maximum absolute atomic E-state index is 11.5. The van der Waals surface area contributed by atoms with E-state index in [-0.39, 0.29) is 5.57 Å². The summed E-state index contributed by atoms with van der Waals surface area (Å²) in [5.41, 5.74) is 1.48. The second-order valence-electron chi connectivity index (χ2n) is 4.11. The van der Waals surface area contributed by atoms with Crippen LogP contribution in [0.5, 0.6) is 0 Å². The Morgan fingerprint density at radius 2 is 2.30 bits per heavy atom. The Labute approximate surface area is 121 Å². The van der Waals surface area contributed by atoms with Crippen LogP contribution in [0.25, 0.3) is 0 Å². The van der Waals surface area contributed by atoms with Gasteiger partial charge in [0.1, 0.15) is 11.1 Å². The summed E-state index contributed by atoms with van der Waals surface area (Å²) in [4.78, 5) is 20.1. The number of nitrogens with zero attached hydrogens (tertiary/aromatic N) is 2. The van der Waals surface area contributed by atoms with Crippen molar-refractivity contribution in [1.82, 2.24) is 10.3 Å². The van der Waals surface area contributed by atoms with Crippen LogP contribution in [0.3, 0.4) is 0 Å². The van der Waals surface area contributed by atoms with Crippen molar-refractivity contribution in [3.63, 3.8) is 0 Å². The maximum Gasteiger partial charge on any atom is 0.335 e. The third-order valence-corrected chi connectivity index (χ3v) is 3.66.